The van der Waals surface area contributed by atoms with Crippen LogP contribution in [0.25, 0.3) is 0 Å². The third kappa shape index (κ3) is 10.8. The van der Waals surface area contributed by atoms with Crippen molar-refractivity contribution in [2.45, 2.75) is 106 Å². The molecular formula is C21H42O2Sn. The van der Waals surface area contributed by atoms with Crippen molar-refractivity contribution < 1.29 is 9.53 Å². The summed E-state index contributed by atoms with van der Waals surface area (Å²) >= 11 is -2.18. The zero-order valence-corrected chi connectivity index (χ0v) is 20.1. The molecular weight excluding hydrogens is 403 g/mol. The van der Waals surface area contributed by atoms with Crippen LogP contribution >= 0.6 is 0 Å². The maximum atomic E-state index is 11.3. The molecule has 0 fully saturated rings. The van der Waals surface area contributed by atoms with E-state index in [-0.39, 0.29) is 12.1 Å². The Morgan fingerprint density at radius 3 is 1.75 bits per heavy atom. The first-order chi connectivity index (χ1) is 11.4. The van der Waals surface area contributed by atoms with E-state index >= 15 is 0 Å². The summed E-state index contributed by atoms with van der Waals surface area (Å²) in [4.78, 5) is 11.3. The average molecular weight is 445 g/mol. The van der Waals surface area contributed by atoms with E-state index in [1.54, 1.807) is 0 Å². The molecule has 0 unspecified atom stereocenters. The van der Waals surface area contributed by atoms with Gasteiger partial charge in [-0.05, 0) is 0 Å². The van der Waals surface area contributed by atoms with Gasteiger partial charge in [0.1, 0.15) is 0 Å². The van der Waals surface area contributed by atoms with E-state index in [1.165, 1.54) is 58.8 Å². The Kier molecular flexibility index (Phi) is 14.2. The number of rotatable bonds is 14. The molecule has 24 heavy (non-hydrogen) atoms. The van der Waals surface area contributed by atoms with Gasteiger partial charge in [-0.25, -0.2) is 0 Å². The molecule has 0 amide bonds. The van der Waals surface area contributed by atoms with Gasteiger partial charge in [0.05, 0.1) is 0 Å². The molecule has 0 saturated carbocycles. The summed E-state index contributed by atoms with van der Waals surface area (Å²) in [5, 5.41) is 0. The third-order valence-corrected chi connectivity index (χ3v) is 19.2. The molecule has 0 aromatic carbocycles. The minimum atomic E-state index is -2.18. The Bertz CT molecular complexity index is 328. The molecule has 0 aromatic rings. The number of esters is 1. The fraction of sp³-hybridized carbons (Fsp3) is 0.857. The van der Waals surface area contributed by atoms with E-state index in [0.717, 1.165) is 6.42 Å². The Morgan fingerprint density at radius 2 is 1.42 bits per heavy atom. The van der Waals surface area contributed by atoms with Gasteiger partial charge in [0, 0.05) is 0 Å². The van der Waals surface area contributed by atoms with Crippen LogP contribution in [0.15, 0.2) is 10.2 Å². The quantitative estimate of drug-likeness (QED) is 0.215. The molecule has 1 atom stereocenters. The number of carbonyl (C=O) groups is 1. The number of unbranched alkanes of at least 4 members (excludes halogenated alkanes) is 3. The first-order valence-electron chi connectivity index (χ1n) is 10.3. The van der Waals surface area contributed by atoms with E-state index in [1.807, 2.05) is 0 Å². The van der Waals surface area contributed by atoms with Gasteiger partial charge in [0.2, 0.25) is 0 Å². The van der Waals surface area contributed by atoms with Crippen molar-refractivity contribution in [3.63, 3.8) is 0 Å². The molecule has 0 aliphatic rings. The summed E-state index contributed by atoms with van der Waals surface area (Å²) in [6, 6.07) is 0. The number of hydrogen-bond donors (Lipinski definition) is 0. The number of carbonyl (C=O) groups excluding carboxylic acids is 1. The molecule has 0 heterocycles. The van der Waals surface area contributed by atoms with Gasteiger partial charge in [-0.2, -0.15) is 0 Å². The van der Waals surface area contributed by atoms with Crippen LogP contribution < -0.4 is 0 Å². The average Bonchev–Trinajstić information content (AvgIpc) is 2.54. The Balaban J connectivity index is 5.03. The van der Waals surface area contributed by atoms with Crippen LogP contribution in [0, 0.1) is 5.92 Å². The molecule has 0 saturated heterocycles. The van der Waals surface area contributed by atoms with E-state index in [0.29, 0.717) is 5.92 Å². The van der Waals surface area contributed by atoms with Crippen molar-refractivity contribution >= 4 is 24.3 Å². The summed E-state index contributed by atoms with van der Waals surface area (Å²) in [7, 11) is 0. The van der Waals surface area contributed by atoms with Crippen LogP contribution in [0.5, 0.6) is 0 Å². The topological polar surface area (TPSA) is 26.3 Å². The molecule has 0 radical (unpaired) electrons. The van der Waals surface area contributed by atoms with Crippen molar-refractivity contribution in [2.75, 3.05) is 0 Å². The molecule has 2 nitrogen and oxygen atoms in total. The fourth-order valence-electron chi connectivity index (χ4n) is 3.33. The van der Waals surface area contributed by atoms with Crippen LogP contribution in [0.1, 0.15) is 86.5 Å². The van der Waals surface area contributed by atoms with Gasteiger partial charge >= 0.3 is 156 Å². The summed E-state index contributed by atoms with van der Waals surface area (Å²) < 4.78 is 12.7. The predicted octanol–water partition coefficient (Wildman–Crippen LogP) is 6.91. The van der Waals surface area contributed by atoms with Crippen LogP contribution in [0.3, 0.4) is 0 Å². The molecule has 0 aromatic heterocycles. The Labute approximate surface area is 155 Å². The molecule has 0 aliphatic heterocycles. The molecule has 0 rings (SSSR count). The van der Waals surface area contributed by atoms with E-state index in [9.17, 15) is 4.79 Å². The normalized spacial score (nSPS) is 13.6. The van der Waals surface area contributed by atoms with E-state index < -0.39 is 18.4 Å². The minimum absolute atomic E-state index is 0.0336. The van der Waals surface area contributed by atoms with Gasteiger partial charge in [0.15, 0.2) is 0 Å². The molecule has 0 spiro atoms. The molecule has 0 aliphatic carbocycles. The zero-order valence-electron chi connectivity index (χ0n) is 17.2. The van der Waals surface area contributed by atoms with Crippen LogP contribution in [0.4, 0.5) is 0 Å². The first-order valence-corrected chi connectivity index (χ1v) is 18.0. The van der Waals surface area contributed by atoms with Crippen LogP contribution in [0.2, 0.25) is 13.3 Å². The van der Waals surface area contributed by atoms with Crippen molar-refractivity contribution in [1.82, 2.24) is 0 Å². The monoisotopic (exact) mass is 446 g/mol. The van der Waals surface area contributed by atoms with Crippen molar-refractivity contribution in [3.8, 4) is 0 Å². The van der Waals surface area contributed by atoms with Gasteiger partial charge in [-0.15, -0.1) is 0 Å². The Hall–Kier alpha value is 0.00870. The molecule has 0 N–H and O–H groups in total. The Morgan fingerprint density at radius 1 is 0.958 bits per heavy atom. The standard InChI is InChI=1S/C9H15O2.3C4H9.Sn/c1-5-6-9(7(2)3)11-8(4)10;3*1-3-4-2;/h1,5,7,9H,6H2,2-4H3;3*1,3-4H2,2H3;/t9-;;;;/m0..../s1. The predicted molar refractivity (Wildman–Crippen MR) is 109 cm³/mol. The summed E-state index contributed by atoms with van der Waals surface area (Å²) in [6.07, 6.45) is 11.4. The summed E-state index contributed by atoms with van der Waals surface area (Å²) in [6.45, 7) is 12.7. The van der Waals surface area contributed by atoms with Crippen molar-refractivity contribution in [1.29, 1.82) is 0 Å². The van der Waals surface area contributed by atoms with Gasteiger partial charge in [-0.3, -0.25) is 0 Å². The second kappa shape index (κ2) is 14.2. The van der Waals surface area contributed by atoms with Crippen molar-refractivity contribution in [2.24, 2.45) is 5.92 Å². The maximum absolute atomic E-state index is 11.3. The number of ether oxygens (including phenoxy) is 1. The van der Waals surface area contributed by atoms with Gasteiger partial charge < -0.3 is 0 Å². The van der Waals surface area contributed by atoms with Crippen LogP contribution in [-0.4, -0.2) is 30.5 Å². The SMILES string of the molecule is CCC[CH2][Sn](/[CH]=C/C[C@H](OC(C)=O)C(C)C)([CH2]CCC)[CH2]CCC. The van der Waals surface area contributed by atoms with E-state index in [2.05, 4.69) is 44.8 Å². The summed E-state index contributed by atoms with van der Waals surface area (Å²) in [5.74, 6) is 0.227. The van der Waals surface area contributed by atoms with Crippen molar-refractivity contribution in [3.05, 3.63) is 10.2 Å². The van der Waals surface area contributed by atoms with Gasteiger partial charge in [0.25, 0.3) is 0 Å². The third-order valence-electron chi connectivity index (χ3n) is 4.99. The molecule has 142 valence electrons. The van der Waals surface area contributed by atoms with Crippen LogP contribution in [-0.2, 0) is 9.53 Å². The second-order valence-corrected chi connectivity index (χ2v) is 20.7. The van der Waals surface area contributed by atoms with Gasteiger partial charge in [-0.1, -0.05) is 0 Å². The zero-order chi connectivity index (χ0) is 18.4. The first kappa shape index (κ1) is 24.0. The summed E-state index contributed by atoms with van der Waals surface area (Å²) in [5.41, 5.74) is 0. The number of hydrogen-bond acceptors (Lipinski definition) is 2. The van der Waals surface area contributed by atoms with E-state index in [4.69, 9.17) is 4.74 Å². The fourth-order valence-corrected chi connectivity index (χ4v) is 17.8. The molecule has 3 heteroatoms. The second-order valence-electron chi connectivity index (χ2n) is 7.70. The molecule has 0 bridgehead atoms.